The predicted molar refractivity (Wildman–Crippen MR) is 97.4 cm³/mol. The normalized spacial score (nSPS) is 11.4. The Balaban J connectivity index is 2.15. The number of sulfonamides is 1. The summed E-state index contributed by atoms with van der Waals surface area (Å²) >= 11 is 0. The van der Waals surface area contributed by atoms with Crippen molar-refractivity contribution in [3.8, 4) is 5.75 Å². The van der Waals surface area contributed by atoms with Gasteiger partial charge < -0.3 is 10.1 Å². The second-order valence-corrected chi connectivity index (χ2v) is 7.96. The molecule has 7 heteroatoms. The average Bonchev–Trinajstić information content (AvgIpc) is 2.57. The van der Waals surface area contributed by atoms with Crippen LogP contribution in [-0.2, 0) is 21.2 Å². The lowest BCUT2D eigenvalue weighted by atomic mass is 10.1. The third-order valence-electron chi connectivity index (χ3n) is 3.75. The highest BCUT2D eigenvalue weighted by molar-refractivity contribution is 7.89. The number of methoxy groups -OCH3 is 1. The fraction of sp³-hybridized carbons (Fsp3) is 0.278. The maximum Gasteiger partial charge on any atom is 0.242 e. The van der Waals surface area contributed by atoms with Crippen LogP contribution in [0, 0.1) is 6.92 Å². The minimum atomic E-state index is -3.56. The minimum Gasteiger partial charge on any atom is -0.497 e. The Morgan fingerprint density at radius 3 is 2.32 bits per heavy atom. The van der Waals surface area contributed by atoms with Gasteiger partial charge in [0.2, 0.25) is 15.9 Å². The van der Waals surface area contributed by atoms with Gasteiger partial charge in [0, 0.05) is 19.8 Å². The molecule has 0 aromatic heterocycles. The van der Waals surface area contributed by atoms with Crippen LogP contribution in [0.25, 0.3) is 0 Å². The van der Waals surface area contributed by atoms with Crippen molar-refractivity contribution in [3.05, 3.63) is 53.6 Å². The summed E-state index contributed by atoms with van der Waals surface area (Å²) in [5.41, 5.74) is 1.91. The van der Waals surface area contributed by atoms with E-state index in [0.29, 0.717) is 11.3 Å². The summed E-state index contributed by atoms with van der Waals surface area (Å²) in [7, 11) is 0.969. The van der Waals surface area contributed by atoms with E-state index in [2.05, 4.69) is 5.32 Å². The lowest BCUT2D eigenvalue weighted by Crippen LogP contribution is -2.23. The second-order valence-electron chi connectivity index (χ2n) is 5.84. The Bertz CT molecular complexity index is 859. The summed E-state index contributed by atoms with van der Waals surface area (Å²) in [4.78, 5) is 12.4. The number of hydrogen-bond acceptors (Lipinski definition) is 4. The molecule has 2 aromatic rings. The van der Waals surface area contributed by atoms with Gasteiger partial charge in [-0.3, -0.25) is 4.79 Å². The van der Waals surface area contributed by atoms with Crippen LogP contribution < -0.4 is 10.1 Å². The van der Waals surface area contributed by atoms with Crippen molar-refractivity contribution in [2.24, 2.45) is 0 Å². The molecule has 0 atom stereocenters. The molecule has 1 amide bonds. The number of hydrogen-bond donors (Lipinski definition) is 1. The predicted octanol–water partition coefficient (Wildman–Crippen LogP) is 2.44. The summed E-state index contributed by atoms with van der Waals surface area (Å²) in [5, 5.41) is 2.74. The van der Waals surface area contributed by atoms with E-state index in [9.17, 15) is 13.2 Å². The van der Waals surface area contributed by atoms with Gasteiger partial charge in [-0.25, -0.2) is 12.7 Å². The van der Waals surface area contributed by atoms with Crippen molar-refractivity contribution in [1.82, 2.24) is 4.31 Å². The first-order valence-electron chi connectivity index (χ1n) is 7.70. The minimum absolute atomic E-state index is 0.180. The number of amides is 1. The van der Waals surface area contributed by atoms with Gasteiger partial charge in [-0.1, -0.05) is 18.2 Å². The molecule has 0 fully saturated rings. The summed E-state index contributed by atoms with van der Waals surface area (Å²) in [6.07, 6.45) is 0.188. The number of carbonyl (C=O) groups is 1. The van der Waals surface area contributed by atoms with Crippen molar-refractivity contribution < 1.29 is 17.9 Å². The molecule has 0 radical (unpaired) electrons. The Kier molecular flexibility index (Phi) is 5.81. The van der Waals surface area contributed by atoms with E-state index in [1.165, 1.54) is 20.2 Å². The van der Waals surface area contributed by atoms with Crippen LogP contribution >= 0.6 is 0 Å². The van der Waals surface area contributed by atoms with Crippen LogP contribution in [0.1, 0.15) is 11.1 Å². The Labute approximate surface area is 148 Å². The van der Waals surface area contributed by atoms with Gasteiger partial charge >= 0.3 is 0 Å². The first-order valence-corrected chi connectivity index (χ1v) is 9.14. The summed E-state index contributed by atoms with van der Waals surface area (Å²) in [6, 6.07) is 12.1. The lowest BCUT2D eigenvalue weighted by molar-refractivity contribution is -0.115. The summed E-state index contributed by atoms with van der Waals surface area (Å²) in [5.74, 6) is 0.503. The molecule has 0 bridgehead atoms. The van der Waals surface area contributed by atoms with Crippen LogP contribution in [0.5, 0.6) is 5.75 Å². The van der Waals surface area contributed by atoms with Crippen LogP contribution in [0.15, 0.2) is 47.4 Å². The van der Waals surface area contributed by atoms with E-state index < -0.39 is 10.0 Å². The number of benzene rings is 2. The molecule has 0 aliphatic carbocycles. The van der Waals surface area contributed by atoms with Gasteiger partial charge in [0.05, 0.1) is 18.4 Å². The fourth-order valence-corrected chi connectivity index (χ4v) is 3.43. The van der Waals surface area contributed by atoms with Gasteiger partial charge in [-0.2, -0.15) is 0 Å². The van der Waals surface area contributed by atoms with Gasteiger partial charge in [-0.05, 0) is 42.3 Å². The van der Waals surface area contributed by atoms with Crippen molar-refractivity contribution >= 4 is 21.6 Å². The molecule has 6 nitrogen and oxygen atoms in total. The first-order chi connectivity index (χ1) is 11.7. The standard InChI is InChI=1S/C18H22N2O4S/c1-13-5-8-15(12-17(13)25(22,23)20(2)3)19-18(21)11-14-6-9-16(24-4)10-7-14/h5-10,12H,11H2,1-4H3,(H,19,21). The number of carbonyl (C=O) groups excluding carboxylic acids is 1. The van der Waals surface area contributed by atoms with Crippen molar-refractivity contribution in [3.63, 3.8) is 0 Å². The molecule has 0 saturated carbocycles. The van der Waals surface area contributed by atoms with E-state index in [0.717, 1.165) is 15.6 Å². The van der Waals surface area contributed by atoms with Gasteiger partial charge in [0.15, 0.2) is 0 Å². The van der Waals surface area contributed by atoms with Crippen molar-refractivity contribution in [2.75, 3.05) is 26.5 Å². The molecule has 0 saturated heterocycles. The topological polar surface area (TPSA) is 75.7 Å². The number of anilines is 1. The zero-order valence-electron chi connectivity index (χ0n) is 14.7. The highest BCUT2D eigenvalue weighted by Gasteiger charge is 2.20. The number of ether oxygens (including phenoxy) is 1. The molecule has 0 unspecified atom stereocenters. The van der Waals surface area contributed by atoms with Crippen molar-refractivity contribution in [1.29, 1.82) is 0 Å². The maximum absolute atomic E-state index is 12.3. The van der Waals surface area contributed by atoms with Gasteiger partial charge in [-0.15, -0.1) is 0 Å². The van der Waals surface area contributed by atoms with E-state index in [1.54, 1.807) is 38.3 Å². The number of nitrogens with one attached hydrogen (secondary N) is 1. The highest BCUT2D eigenvalue weighted by atomic mass is 32.2. The van der Waals surface area contributed by atoms with Crippen molar-refractivity contribution in [2.45, 2.75) is 18.2 Å². The van der Waals surface area contributed by atoms with Gasteiger partial charge in [0.1, 0.15) is 5.75 Å². The Morgan fingerprint density at radius 1 is 1.12 bits per heavy atom. The molecular weight excluding hydrogens is 340 g/mol. The molecule has 0 heterocycles. The smallest absolute Gasteiger partial charge is 0.242 e. The molecule has 1 N–H and O–H groups in total. The largest absolute Gasteiger partial charge is 0.497 e. The number of aryl methyl sites for hydroxylation is 1. The Hall–Kier alpha value is -2.38. The van der Waals surface area contributed by atoms with E-state index in [1.807, 2.05) is 12.1 Å². The SMILES string of the molecule is COc1ccc(CC(=O)Nc2ccc(C)c(S(=O)(=O)N(C)C)c2)cc1. The summed E-state index contributed by atoms with van der Waals surface area (Å²) < 4.78 is 30.9. The van der Waals surface area contributed by atoms with Crippen LogP contribution in [0.4, 0.5) is 5.69 Å². The monoisotopic (exact) mass is 362 g/mol. The second kappa shape index (κ2) is 7.67. The maximum atomic E-state index is 12.3. The molecule has 25 heavy (non-hydrogen) atoms. The zero-order valence-corrected chi connectivity index (χ0v) is 15.6. The quantitative estimate of drug-likeness (QED) is 0.856. The molecule has 0 aliphatic heterocycles. The van der Waals surface area contributed by atoms with Crippen LogP contribution in [-0.4, -0.2) is 39.8 Å². The van der Waals surface area contributed by atoms with E-state index in [-0.39, 0.29) is 17.2 Å². The lowest BCUT2D eigenvalue weighted by Gasteiger charge is -2.15. The summed E-state index contributed by atoms with van der Waals surface area (Å²) in [6.45, 7) is 1.72. The van der Waals surface area contributed by atoms with E-state index in [4.69, 9.17) is 4.74 Å². The Morgan fingerprint density at radius 2 is 1.76 bits per heavy atom. The van der Waals surface area contributed by atoms with Crippen LogP contribution in [0.3, 0.4) is 0 Å². The van der Waals surface area contributed by atoms with Crippen LogP contribution in [0.2, 0.25) is 0 Å². The molecule has 134 valence electrons. The fourth-order valence-electron chi connectivity index (χ4n) is 2.29. The van der Waals surface area contributed by atoms with Gasteiger partial charge in [0.25, 0.3) is 0 Å². The third kappa shape index (κ3) is 4.58. The molecule has 0 aliphatic rings. The first kappa shape index (κ1) is 19.0. The molecular formula is C18H22N2O4S. The van der Waals surface area contributed by atoms with E-state index >= 15 is 0 Å². The third-order valence-corrected chi connectivity index (χ3v) is 5.71. The highest BCUT2D eigenvalue weighted by Crippen LogP contribution is 2.22. The molecule has 2 aromatic carbocycles. The zero-order chi connectivity index (χ0) is 18.6. The average molecular weight is 362 g/mol. The molecule has 0 spiro atoms. The molecule has 2 rings (SSSR count). The number of rotatable bonds is 6. The number of nitrogens with zero attached hydrogens (tertiary/aromatic N) is 1.